The first-order chi connectivity index (χ1) is 12.0. The molecule has 0 unspecified atom stereocenters. The number of likely N-dealkylation sites (tertiary alicyclic amines) is 1. The lowest BCUT2D eigenvalue weighted by Gasteiger charge is -2.34. The second-order valence-electron chi connectivity index (χ2n) is 7.03. The Hall–Kier alpha value is -2.04. The maximum atomic E-state index is 12.5. The van der Waals surface area contributed by atoms with Gasteiger partial charge in [0.1, 0.15) is 0 Å². The van der Waals surface area contributed by atoms with Gasteiger partial charge in [-0.25, -0.2) is 0 Å². The molecule has 0 aliphatic carbocycles. The van der Waals surface area contributed by atoms with Crippen LogP contribution in [0.3, 0.4) is 0 Å². The third kappa shape index (κ3) is 4.97. The maximum absolute atomic E-state index is 12.5. The van der Waals surface area contributed by atoms with Gasteiger partial charge in [-0.15, -0.1) is 0 Å². The summed E-state index contributed by atoms with van der Waals surface area (Å²) >= 11 is 0. The number of piperidine rings is 1. The summed E-state index contributed by atoms with van der Waals surface area (Å²) in [6.45, 7) is 5.61. The minimum atomic E-state index is -0.0338. The summed E-state index contributed by atoms with van der Waals surface area (Å²) in [5.74, 6) is 0.377. The number of nitrogens with one attached hydrogen (secondary N) is 1. The predicted molar refractivity (Wildman–Crippen MR) is 102 cm³/mol. The molecule has 1 heterocycles. The summed E-state index contributed by atoms with van der Waals surface area (Å²) in [4.78, 5) is 28.9. The van der Waals surface area contributed by atoms with Crippen molar-refractivity contribution in [2.75, 3.05) is 32.1 Å². The molecule has 1 aromatic rings. The Morgan fingerprint density at radius 1 is 1.20 bits per heavy atom. The molecular weight excluding hydrogens is 314 g/mol. The minimum absolute atomic E-state index is 0.0338. The molecule has 2 amide bonds. The Morgan fingerprint density at radius 3 is 2.40 bits per heavy atom. The topological polar surface area (TPSA) is 52.7 Å². The minimum Gasteiger partial charge on any atom is -0.378 e. The Balaban J connectivity index is 1.88. The zero-order chi connectivity index (χ0) is 18.4. The number of hydrogen-bond acceptors (Lipinski definition) is 3. The summed E-state index contributed by atoms with van der Waals surface area (Å²) in [6.07, 6.45) is 3.44. The number of hydrogen-bond donors (Lipinski definition) is 1. The predicted octanol–water partition coefficient (Wildman–Crippen LogP) is 2.91. The van der Waals surface area contributed by atoms with Crippen molar-refractivity contribution in [3.8, 4) is 0 Å². The number of benzene rings is 1. The van der Waals surface area contributed by atoms with Crippen LogP contribution in [0.1, 0.15) is 49.9 Å². The van der Waals surface area contributed by atoms with Gasteiger partial charge in [-0.1, -0.05) is 19.9 Å². The molecule has 0 radical (unpaired) electrons. The second kappa shape index (κ2) is 8.88. The molecule has 1 N–H and O–H groups in total. The standard InChI is InChI=1S/C20H31N3O2/c1-5-15(6-2)20(25)23-12-10-17(11-13-23)21-19(24)16-8-7-9-18(14-16)22(3)4/h7-9,14-15,17H,5-6,10-13H2,1-4H3,(H,21,24). The molecule has 1 aromatic carbocycles. The smallest absolute Gasteiger partial charge is 0.251 e. The molecule has 5 heteroatoms. The van der Waals surface area contributed by atoms with Crippen LogP contribution >= 0.6 is 0 Å². The largest absolute Gasteiger partial charge is 0.378 e. The highest BCUT2D eigenvalue weighted by atomic mass is 16.2. The molecule has 0 saturated carbocycles. The summed E-state index contributed by atoms with van der Waals surface area (Å²) < 4.78 is 0. The van der Waals surface area contributed by atoms with Gasteiger partial charge in [0.25, 0.3) is 5.91 Å². The van der Waals surface area contributed by atoms with Crippen molar-refractivity contribution in [1.29, 1.82) is 0 Å². The molecule has 0 aromatic heterocycles. The van der Waals surface area contributed by atoms with Gasteiger partial charge in [0.05, 0.1) is 0 Å². The fourth-order valence-corrected chi connectivity index (χ4v) is 3.33. The molecule has 5 nitrogen and oxygen atoms in total. The van der Waals surface area contributed by atoms with E-state index < -0.39 is 0 Å². The fraction of sp³-hybridized carbons (Fsp3) is 0.600. The van der Waals surface area contributed by atoms with E-state index in [4.69, 9.17) is 0 Å². The van der Waals surface area contributed by atoms with Crippen LogP contribution in [0.25, 0.3) is 0 Å². The van der Waals surface area contributed by atoms with Gasteiger partial charge in [0.2, 0.25) is 5.91 Å². The van der Waals surface area contributed by atoms with E-state index in [1.54, 1.807) is 0 Å². The summed E-state index contributed by atoms with van der Waals surface area (Å²) in [5.41, 5.74) is 1.69. The van der Waals surface area contributed by atoms with Crippen LogP contribution in [0.2, 0.25) is 0 Å². The van der Waals surface area contributed by atoms with Crippen molar-refractivity contribution in [2.45, 2.75) is 45.6 Å². The van der Waals surface area contributed by atoms with E-state index in [1.165, 1.54) is 0 Å². The molecule has 0 spiro atoms. The van der Waals surface area contributed by atoms with Gasteiger partial charge >= 0.3 is 0 Å². The van der Waals surface area contributed by atoms with E-state index in [1.807, 2.05) is 48.2 Å². The highest BCUT2D eigenvalue weighted by Gasteiger charge is 2.27. The van der Waals surface area contributed by atoms with Gasteiger partial charge in [-0.05, 0) is 43.9 Å². The first kappa shape index (κ1) is 19.3. The van der Waals surface area contributed by atoms with Crippen LogP contribution in [0, 0.1) is 5.92 Å². The molecule has 1 aliphatic heterocycles. The van der Waals surface area contributed by atoms with Crippen LogP contribution in [-0.2, 0) is 4.79 Å². The molecule has 0 bridgehead atoms. The third-order valence-corrected chi connectivity index (χ3v) is 5.10. The molecule has 1 saturated heterocycles. The number of anilines is 1. The molecular formula is C20H31N3O2. The van der Waals surface area contributed by atoms with Crippen LogP contribution in [0.15, 0.2) is 24.3 Å². The van der Waals surface area contributed by atoms with E-state index in [0.717, 1.165) is 44.5 Å². The van der Waals surface area contributed by atoms with E-state index in [2.05, 4.69) is 19.2 Å². The van der Waals surface area contributed by atoms with Gasteiger partial charge in [-0.2, -0.15) is 0 Å². The van der Waals surface area contributed by atoms with Crippen molar-refractivity contribution < 1.29 is 9.59 Å². The second-order valence-corrected chi connectivity index (χ2v) is 7.03. The number of amides is 2. The van der Waals surface area contributed by atoms with Crippen molar-refractivity contribution in [1.82, 2.24) is 10.2 Å². The number of carbonyl (C=O) groups excluding carboxylic acids is 2. The van der Waals surface area contributed by atoms with Crippen molar-refractivity contribution in [3.63, 3.8) is 0 Å². The zero-order valence-corrected chi connectivity index (χ0v) is 15.9. The van der Waals surface area contributed by atoms with Crippen LogP contribution in [0.4, 0.5) is 5.69 Å². The Bertz CT molecular complexity index is 588. The Morgan fingerprint density at radius 2 is 1.84 bits per heavy atom. The van der Waals surface area contributed by atoms with E-state index >= 15 is 0 Å². The van der Waals surface area contributed by atoms with Crippen LogP contribution in [0.5, 0.6) is 0 Å². The molecule has 2 rings (SSSR count). The summed E-state index contributed by atoms with van der Waals surface area (Å²) in [6, 6.07) is 7.77. The average molecular weight is 345 g/mol. The number of nitrogens with zero attached hydrogens (tertiary/aromatic N) is 2. The Labute approximate surface area is 151 Å². The summed E-state index contributed by atoms with van der Waals surface area (Å²) in [7, 11) is 3.92. The highest BCUT2D eigenvalue weighted by Crippen LogP contribution is 2.18. The van der Waals surface area contributed by atoms with Gasteiger partial charge < -0.3 is 15.1 Å². The molecule has 1 fully saturated rings. The van der Waals surface area contributed by atoms with E-state index in [-0.39, 0.29) is 23.8 Å². The lowest BCUT2D eigenvalue weighted by atomic mass is 9.98. The van der Waals surface area contributed by atoms with Crippen molar-refractivity contribution in [3.05, 3.63) is 29.8 Å². The Kier molecular flexibility index (Phi) is 6.85. The molecule has 0 atom stereocenters. The first-order valence-corrected chi connectivity index (χ1v) is 9.33. The first-order valence-electron chi connectivity index (χ1n) is 9.33. The highest BCUT2D eigenvalue weighted by molar-refractivity contribution is 5.95. The third-order valence-electron chi connectivity index (χ3n) is 5.10. The van der Waals surface area contributed by atoms with Crippen molar-refractivity contribution >= 4 is 17.5 Å². The zero-order valence-electron chi connectivity index (χ0n) is 15.9. The lowest BCUT2D eigenvalue weighted by Crippen LogP contribution is -2.48. The van der Waals surface area contributed by atoms with Crippen LogP contribution in [-0.4, -0.2) is 49.9 Å². The van der Waals surface area contributed by atoms with Crippen LogP contribution < -0.4 is 10.2 Å². The number of carbonyl (C=O) groups is 2. The van der Waals surface area contributed by atoms with Gasteiger partial charge in [0, 0.05) is 50.4 Å². The molecule has 138 valence electrons. The number of rotatable bonds is 6. The normalized spacial score (nSPS) is 15.3. The summed E-state index contributed by atoms with van der Waals surface area (Å²) in [5, 5.41) is 3.12. The molecule has 1 aliphatic rings. The van der Waals surface area contributed by atoms with Crippen molar-refractivity contribution in [2.24, 2.45) is 5.92 Å². The van der Waals surface area contributed by atoms with Gasteiger partial charge in [-0.3, -0.25) is 9.59 Å². The van der Waals surface area contributed by atoms with Gasteiger partial charge in [0.15, 0.2) is 0 Å². The quantitative estimate of drug-likeness (QED) is 0.862. The maximum Gasteiger partial charge on any atom is 0.251 e. The van der Waals surface area contributed by atoms with E-state index in [0.29, 0.717) is 5.56 Å². The van der Waals surface area contributed by atoms with E-state index in [9.17, 15) is 9.59 Å². The monoisotopic (exact) mass is 345 g/mol. The lowest BCUT2D eigenvalue weighted by molar-refractivity contribution is -0.136. The fourth-order valence-electron chi connectivity index (χ4n) is 3.33. The SMILES string of the molecule is CCC(CC)C(=O)N1CCC(NC(=O)c2cccc(N(C)C)c2)CC1. The average Bonchev–Trinajstić information content (AvgIpc) is 2.63. The molecule has 25 heavy (non-hydrogen) atoms.